The van der Waals surface area contributed by atoms with E-state index in [1.54, 1.807) is 39.0 Å². The summed E-state index contributed by atoms with van der Waals surface area (Å²) >= 11 is 0. The molecule has 8 heteroatoms. The van der Waals surface area contributed by atoms with Crippen LogP contribution in [0.4, 0.5) is 5.69 Å². The van der Waals surface area contributed by atoms with Crippen LogP contribution >= 0.6 is 0 Å². The number of esters is 1. The van der Waals surface area contributed by atoms with E-state index in [2.05, 4.69) is 0 Å². The van der Waals surface area contributed by atoms with Gasteiger partial charge in [0.05, 0.1) is 11.3 Å². The number of anilines is 1. The van der Waals surface area contributed by atoms with Crippen molar-refractivity contribution >= 4 is 29.4 Å². The minimum Gasteiger partial charge on any atom is -0.452 e. The van der Waals surface area contributed by atoms with E-state index in [9.17, 15) is 19.2 Å². The molecule has 2 heterocycles. The van der Waals surface area contributed by atoms with Crippen molar-refractivity contribution in [2.45, 2.75) is 19.8 Å². The second kappa shape index (κ2) is 8.20. The van der Waals surface area contributed by atoms with Crippen molar-refractivity contribution < 1.29 is 23.9 Å². The Labute approximate surface area is 157 Å². The third-order valence-electron chi connectivity index (χ3n) is 4.89. The lowest BCUT2D eigenvalue weighted by atomic mass is 10.1. The molecule has 0 atom stereocenters. The molecule has 3 amide bonds. The maximum atomic E-state index is 12.5. The van der Waals surface area contributed by atoms with Crippen LogP contribution in [-0.2, 0) is 19.1 Å². The summed E-state index contributed by atoms with van der Waals surface area (Å²) in [5.74, 6) is -0.946. The van der Waals surface area contributed by atoms with Crippen LogP contribution in [0.15, 0.2) is 24.3 Å². The summed E-state index contributed by atoms with van der Waals surface area (Å²) in [5.41, 5.74) is 0.800. The second-order valence-electron chi connectivity index (χ2n) is 6.63. The number of nitrogens with zero attached hydrogens (tertiary/aromatic N) is 3. The average molecular weight is 373 g/mol. The average Bonchev–Trinajstić information content (AvgIpc) is 3.11. The molecule has 0 N–H and O–H groups in total. The van der Waals surface area contributed by atoms with Crippen molar-refractivity contribution in [1.82, 2.24) is 9.80 Å². The lowest BCUT2D eigenvalue weighted by Gasteiger charge is -2.34. The van der Waals surface area contributed by atoms with Crippen LogP contribution in [0.25, 0.3) is 0 Å². The molecule has 2 aliphatic rings. The minimum absolute atomic E-state index is 0.0124. The standard InChI is InChI=1S/C19H23N3O5/c1-14(23)20-9-11-21(12-10-20)18(25)13-27-19(26)15-5-2-3-6-16(15)22-8-4-7-17(22)24/h2-3,5-6H,4,7-13H2,1H3. The number of hydrogen-bond donors (Lipinski definition) is 0. The number of piperazine rings is 1. The summed E-state index contributed by atoms with van der Waals surface area (Å²) in [4.78, 5) is 52.9. The molecule has 0 aliphatic carbocycles. The van der Waals surface area contributed by atoms with Crippen molar-refractivity contribution in [1.29, 1.82) is 0 Å². The zero-order valence-corrected chi connectivity index (χ0v) is 15.3. The van der Waals surface area contributed by atoms with Crippen LogP contribution in [0.1, 0.15) is 30.1 Å². The first-order valence-electron chi connectivity index (χ1n) is 9.07. The van der Waals surface area contributed by atoms with Crippen LogP contribution in [0.3, 0.4) is 0 Å². The first-order chi connectivity index (χ1) is 13.0. The molecule has 0 unspecified atom stereocenters. The van der Waals surface area contributed by atoms with Crippen molar-refractivity contribution in [3.63, 3.8) is 0 Å². The number of ether oxygens (including phenoxy) is 1. The van der Waals surface area contributed by atoms with Crippen molar-refractivity contribution in [3.8, 4) is 0 Å². The molecule has 144 valence electrons. The monoisotopic (exact) mass is 373 g/mol. The third-order valence-corrected chi connectivity index (χ3v) is 4.89. The van der Waals surface area contributed by atoms with Gasteiger partial charge in [-0.3, -0.25) is 14.4 Å². The highest BCUT2D eigenvalue weighted by Crippen LogP contribution is 2.26. The summed E-state index contributed by atoms with van der Waals surface area (Å²) in [7, 11) is 0. The summed E-state index contributed by atoms with van der Waals surface area (Å²) in [5, 5.41) is 0. The normalized spacial score (nSPS) is 17.2. The maximum absolute atomic E-state index is 12.5. The number of rotatable bonds is 4. The van der Waals surface area contributed by atoms with Crippen molar-refractivity contribution in [3.05, 3.63) is 29.8 Å². The predicted octanol–water partition coefficient (Wildman–Crippen LogP) is 0.661. The smallest absolute Gasteiger partial charge is 0.340 e. The zero-order chi connectivity index (χ0) is 19.4. The van der Waals surface area contributed by atoms with E-state index in [0.717, 1.165) is 6.42 Å². The number of hydrogen-bond acceptors (Lipinski definition) is 5. The predicted molar refractivity (Wildman–Crippen MR) is 97.1 cm³/mol. The highest BCUT2D eigenvalue weighted by atomic mass is 16.5. The van der Waals surface area contributed by atoms with E-state index in [1.165, 1.54) is 6.92 Å². The number of carbonyl (C=O) groups excluding carboxylic acids is 4. The van der Waals surface area contributed by atoms with E-state index < -0.39 is 5.97 Å². The molecule has 0 aromatic heterocycles. The quantitative estimate of drug-likeness (QED) is 0.724. The lowest BCUT2D eigenvalue weighted by Crippen LogP contribution is -2.51. The van der Waals surface area contributed by atoms with E-state index >= 15 is 0 Å². The molecule has 3 rings (SSSR count). The van der Waals surface area contributed by atoms with E-state index in [-0.39, 0.29) is 29.9 Å². The molecule has 1 aromatic rings. The van der Waals surface area contributed by atoms with Crippen LogP contribution in [-0.4, -0.2) is 72.8 Å². The molecular formula is C19H23N3O5. The van der Waals surface area contributed by atoms with Gasteiger partial charge in [0.15, 0.2) is 6.61 Å². The Morgan fingerprint density at radius 1 is 1.00 bits per heavy atom. The van der Waals surface area contributed by atoms with Gasteiger partial charge < -0.3 is 19.4 Å². The van der Waals surface area contributed by atoms with E-state index in [0.29, 0.717) is 44.8 Å². The van der Waals surface area contributed by atoms with Crippen molar-refractivity contribution in [2.75, 3.05) is 44.2 Å². The molecule has 2 saturated heterocycles. The fourth-order valence-corrected chi connectivity index (χ4v) is 3.35. The Kier molecular flexibility index (Phi) is 5.73. The van der Waals surface area contributed by atoms with Gasteiger partial charge in [-0.1, -0.05) is 12.1 Å². The second-order valence-corrected chi connectivity index (χ2v) is 6.63. The summed E-state index contributed by atoms with van der Waals surface area (Å²) < 4.78 is 5.20. The lowest BCUT2D eigenvalue weighted by molar-refractivity contribution is -0.140. The largest absolute Gasteiger partial charge is 0.452 e. The molecule has 27 heavy (non-hydrogen) atoms. The Morgan fingerprint density at radius 2 is 1.67 bits per heavy atom. The number of para-hydroxylation sites is 1. The van der Waals surface area contributed by atoms with Gasteiger partial charge in [-0.2, -0.15) is 0 Å². The fraction of sp³-hybridized carbons (Fsp3) is 0.474. The molecule has 0 spiro atoms. The Hall–Kier alpha value is -2.90. The Bertz CT molecular complexity index is 755. The highest BCUT2D eigenvalue weighted by molar-refractivity contribution is 6.03. The molecular weight excluding hydrogens is 350 g/mol. The van der Waals surface area contributed by atoms with E-state index in [1.807, 2.05) is 0 Å². The van der Waals surface area contributed by atoms with Gasteiger partial charge in [-0.25, -0.2) is 4.79 Å². The van der Waals surface area contributed by atoms with Gasteiger partial charge in [0, 0.05) is 46.1 Å². The van der Waals surface area contributed by atoms with Crippen molar-refractivity contribution in [2.24, 2.45) is 0 Å². The molecule has 0 radical (unpaired) electrons. The number of carbonyl (C=O) groups is 4. The van der Waals surface area contributed by atoms with E-state index in [4.69, 9.17) is 4.74 Å². The fourth-order valence-electron chi connectivity index (χ4n) is 3.35. The molecule has 1 aromatic carbocycles. The number of amides is 3. The first kappa shape index (κ1) is 18.9. The zero-order valence-electron chi connectivity index (χ0n) is 15.3. The minimum atomic E-state index is -0.624. The molecule has 0 saturated carbocycles. The molecule has 0 bridgehead atoms. The molecule has 2 fully saturated rings. The molecule has 8 nitrogen and oxygen atoms in total. The van der Waals surface area contributed by atoms with Gasteiger partial charge >= 0.3 is 5.97 Å². The maximum Gasteiger partial charge on any atom is 0.340 e. The van der Waals surface area contributed by atoms with Gasteiger partial charge in [-0.05, 0) is 18.6 Å². The Morgan fingerprint density at radius 3 is 2.30 bits per heavy atom. The van der Waals surface area contributed by atoms with Gasteiger partial charge in [0.2, 0.25) is 11.8 Å². The number of benzene rings is 1. The Balaban J connectivity index is 1.58. The van der Waals surface area contributed by atoms with Gasteiger partial charge in [-0.15, -0.1) is 0 Å². The van der Waals surface area contributed by atoms with Gasteiger partial charge in [0.1, 0.15) is 0 Å². The summed E-state index contributed by atoms with van der Waals surface area (Å²) in [6.07, 6.45) is 1.22. The highest BCUT2D eigenvalue weighted by Gasteiger charge is 2.27. The van der Waals surface area contributed by atoms with Crippen LogP contribution in [0, 0.1) is 0 Å². The third kappa shape index (κ3) is 4.27. The van der Waals surface area contributed by atoms with Crippen LogP contribution in [0.2, 0.25) is 0 Å². The van der Waals surface area contributed by atoms with Crippen LogP contribution < -0.4 is 4.90 Å². The summed E-state index contributed by atoms with van der Waals surface area (Å²) in [6, 6.07) is 6.77. The van der Waals surface area contributed by atoms with Crippen LogP contribution in [0.5, 0.6) is 0 Å². The topological polar surface area (TPSA) is 87.2 Å². The van der Waals surface area contributed by atoms with Gasteiger partial charge in [0.25, 0.3) is 5.91 Å². The SMILES string of the molecule is CC(=O)N1CCN(C(=O)COC(=O)c2ccccc2N2CCCC2=O)CC1. The summed E-state index contributed by atoms with van der Waals surface area (Å²) in [6.45, 7) is 3.53. The molecule has 2 aliphatic heterocycles. The first-order valence-corrected chi connectivity index (χ1v) is 9.07.